The summed E-state index contributed by atoms with van der Waals surface area (Å²) in [6.45, 7) is 0.380. The Morgan fingerprint density at radius 1 is 1.02 bits per heavy atom. The molecule has 17 heteroatoms. The summed E-state index contributed by atoms with van der Waals surface area (Å²) in [5.41, 5.74) is 3.95. The summed E-state index contributed by atoms with van der Waals surface area (Å²) >= 11 is 0. The third-order valence-corrected chi connectivity index (χ3v) is 5.54. The van der Waals surface area contributed by atoms with Crippen LogP contribution < -0.4 is 16.1 Å². The molecular weight excluding hydrogens is 539 g/mol. The van der Waals surface area contributed by atoms with Gasteiger partial charge in [-0.15, -0.1) is 5.12 Å². The lowest BCUT2D eigenvalue weighted by Crippen LogP contribution is -2.58. The van der Waals surface area contributed by atoms with Gasteiger partial charge in [-0.3, -0.25) is 38.7 Å². The SMILES string of the molecule is CN1NC(CCCF)=CN1CC(=O)NCCCCCC(=O)O.O=C(O)CC[C@@H](C(=O)O)N1C(=O)CC(=O)NC1=O. The summed E-state index contributed by atoms with van der Waals surface area (Å²) in [6.07, 6.45) is 3.67. The highest BCUT2D eigenvalue weighted by atomic mass is 19.1. The van der Waals surface area contributed by atoms with Crippen molar-refractivity contribution < 1.29 is 53.3 Å². The van der Waals surface area contributed by atoms with E-state index in [-0.39, 0.29) is 25.5 Å². The first-order chi connectivity index (χ1) is 18.8. The maximum absolute atomic E-state index is 12.1. The molecule has 0 aromatic carbocycles. The molecule has 0 aliphatic carbocycles. The molecule has 0 aromatic rings. The second-order valence-electron chi connectivity index (χ2n) is 8.81. The third-order valence-electron chi connectivity index (χ3n) is 5.54. The van der Waals surface area contributed by atoms with Crippen LogP contribution in [0.2, 0.25) is 0 Å². The number of rotatable bonds is 16. The Morgan fingerprint density at radius 2 is 1.70 bits per heavy atom. The zero-order valence-corrected chi connectivity index (χ0v) is 22.1. The highest BCUT2D eigenvalue weighted by Gasteiger charge is 2.39. The van der Waals surface area contributed by atoms with Crippen LogP contribution in [0, 0.1) is 0 Å². The molecule has 0 bridgehead atoms. The molecule has 16 nitrogen and oxygen atoms in total. The number of unbranched alkanes of at least 4 members (excludes halogenated alkanes) is 2. The highest BCUT2D eigenvalue weighted by molar-refractivity contribution is 6.15. The minimum atomic E-state index is -1.60. The number of halogens is 1. The molecule has 40 heavy (non-hydrogen) atoms. The van der Waals surface area contributed by atoms with Crippen molar-refractivity contribution in [3.05, 3.63) is 11.9 Å². The summed E-state index contributed by atoms with van der Waals surface area (Å²) in [7, 11) is 1.79. The maximum atomic E-state index is 12.1. The predicted octanol–water partition coefficient (Wildman–Crippen LogP) is -0.221. The molecule has 2 aliphatic rings. The molecule has 5 amide bonds. The van der Waals surface area contributed by atoms with Gasteiger partial charge in [-0.2, -0.15) is 0 Å². The van der Waals surface area contributed by atoms with E-state index in [1.165, 1.54) is 0 Å². The quantitative estimate of drug-likeness (QED) is 0.104. The van der Waals surface area contributed by atoms with Gasteiger partial charge in [-0.05, 0) is 32.1 Å². The number of hydrogen-bond donors (Lipinski definition) is 6. The van der Waals surface area contributed by atoms with Crippen LogP contribution in [-0.2, 0) is 28.8 Å². The summed E-state index contributed by atoms with van der Waals surface area (Å²) in [5, 5.41) is 33.9. The molecule has 0 unspecified atom stereocenters. The zero-order chi connectivity index (χ0) is 30.2. The molecular formula is C23H35FN6O10. The number of carboxylic acid groups (broad SMARTS) is 3. The summed E-state index contributed by atoms with van der Waals surface area (Å²) in [4.78, 5) is 77.5. The van der Waals surface area contributed by atoms with E-state index >= 15 is 0 Å². The lowest BCUT2D eigenvalue weighted by Gasteiger charge is -2.29. The number of hydrogen-bond acceptors (Lipinski definition) is 10. The number of nitrogens with one attached hydrogen (secondary N) is 3. The van der Waals surface area contributed by atoms with E-state index in [1.807, 2.05) is 6.20 Å². The van der Waals surface area contributed by atoms with Gasteiger partial charge in [-0.1, -0.05) is 6.42 Å². The predicted molar refractivity (Wildman–Crippen MR) is 133 cm³/mol. The van der Waals surface area contributed by atoms with E-state index in [4.69, 9.17) is 15.3 Å². The van der Waals surface area contributed by atoms with Crippen molar-refractivity contribution in [2.24, 2.45) is 0 Å². The number of imide groups is 2. The third kappa shape index (κ3) is 12.5. The molecule has 224 valence electrons. The van der Waals surface area contributed by atoms with Gasteiger partial charge >= 0.3 is 23.9 Å². The molecule has 1 saturated heterocycles. The number of barbiturate groups is 1. The van der Waals surface area contributed by atoms with Crippen molar-refractivity contribution in [1.29, 1.82) is 0 Å². The number of carbonyl (C=O) groups excluding carboxylic acids is 4. The van der Waals surface area contributed by atoms with E-state index in [0.29, 0.717) is 30.7 Å². The van der Waals surface area contributed by atoms with Gasteiger partial charge < -0.3 is 26.1 Å². The van der Waals surface area contributed by atoms with Crippen LogP contribution in [0.15, 0.2) is 11.9 Å². The molecule has 0 radical (unpaired) electrons. The topological polar surface area (TPSA) is 226 Å². The monoisotopic (exact) mass is 574 g/mol. The number of amides is 5. The molecule has 0 spiro atoms. The zero-order valence-electron chi connectivity index (χ0n) is 22.1. The second-order valence-corrected chi connectivity index (χ2v) is 8.81. The second kappa shape index (κ2) is 17.3. The minimum Gasteiger partial charge on any atom is -0.481 e. The van der Waals surface area contributed by atoms with Gasteiger partial charge in [0.15, 0.2) is 0 Å². The first-order valence-corrected chi connectivity index (χ1v) is 12.5. The summed E-state index contributed by atoms with van der Waals surface area (Å²) < 4.78 is 12.1. The lowest BCUT2D eigenvalue weighted by molar-refractivity contribution is -0.151. The van der Waals surface area contributed by atoms with E-state index in [1.54, 1.807) is 22.5 Å². The normalized spacial score (nSPS) is 15.8. The summed E-state index contributed by atoms with van der Waals surface area (Å²) in [5.74, 6) is -5.42. The Kier molecular flexibility index (Phi) is 14.6. The number of allylic oxidation sites excluding steroid dienone is 1. The standard InChI is InChI=1S/C14H25FN4O3.C9H10N2O7/c1-18-17-12(6-5-8-15)10-19(18)11-13(20)16-9-4-2-3-7-14(21)22;12-5-3-6(13)11(9(18)10-5)4(8(16)17)1-2-7(14)15/h10,17H,2-9,11H2,1H3,(H,16,20)(H,21,22);4H,1-3H2,(H,14,15)(H,16,17)(H,10,12,18)/t;4-/m.0/s1. The van der Waals surface area contributed by atoms with Gasteiger partial charge in [0.25, 0.3) is 0 Å². The molecule has 0 saturated carbocycles. The molecule has 2 aliphatic heterocycles. The van der Waals surface area contributed by atoms with E-state index in [0.717, 1.165) is 18.5 Å². The number of urea groups is 1. The van der Waals surface area contributed by atoms with Gasteiger partial charge in [0, 0.05) is 38.3 Å². The van der Waals surface area contributed by atoms with E-state index in [9.17, 15) is 38.0 Å². The average Bonchev–Trinajstić information content (AvgIpc) is 3.19. The van der Waals surface area contributed by atoms with E-state index < -0.39 is 61.1 Å². The van der Waals surface area contributed by atoms with Crippen molar-refractivity contribution in [2.45, 2.75) is 63.8 Å². The van der Waals surface area contributed by atoms with Crippen molar-refractivity contribution in [3.63, 3.8) is 0 Å². The molecule has 2 heterocycles. The van der Waals surface area contributed by atoms with Crippen LogP contribution in [0.3, 0.4) is 0 Å². The number of hydrazine groups is 2. The highest BCUT2D eigenvalue weighted by Crippen LogP contribution is 2.14. The van der Waals surface area contributed by atoms with Crippen molar-refractivity contribution in [2.75, 3.05) is 26.8 Å². The van der Waals surface area contributed by atoms with E-state index in [2.05, 4.69) is 10.7 Å². The minimum absolute atomic E-state index is 0.102. The number of carbonyl (C=O) groups is 7. The first-order valence-electron chi connectivity index (χ1n) is 12.5. The smallest absolute Gasteiger partial charge is 0.331 e. The van der Waals surface area contributed by atoms with Gasteiger partial charge in [-0.25, -0.2) is 14.5 Å². The van der Waals surface area contributed by atoms with Crippen molar-refractivity contribution >= 4 is 41.7 Å². The van der Waals surface area contributed by atoms with Crippen LogP contribution in [0.5, 0.6) is 0 Å². The maximum Gasteiger partial charge on any atom is 0.331 e. The van der Waals surface area contributed by atoms with Crippen LogP contribution in [0.4, 0.5) is 9.18 Å². The first kappa shape index (κ1) is 33.7. The Labute approximate surface area is 229 Å². The fraction of sp³-hybridized carbons (Fsp3) is 0.609. The Balaban J connectivity index is 0.000000408. The average molecular weight is 575 g/mol. The molecule has 2 rings (SSSR count). The number of aliphatic carboxylic acids is 3. The van der Waals surface area contributed by atoms with Crippen molar-refractivity contribution in [3.8, 4) is 0 Å². The van der Waals surface area contributed by atoms with Crippen LogP contribution in [-0.4, -0.2) is 105 Å². The molecule has 6 N–H and O–H groups in total. The van der Waals surface area contributed by atoms with Crippen LogP contribution >= 0.6 is 0 Å². The molecule has 1 fully saturated rings. The van der Waals surface area contributed by atoms with Gasteiger partial charge in [0.2, 0.25) is 17.7 Å². The Bertz CT molecular complexity index is 971. The summed E-state index contributed by atoms with van der Waals surface area (Å²) in [6, 6.07) is -2.74. The number of carboxylic acids is 3. The Morgan fingerprint density at radius 3 is 2.27 bits per heavy atom. The Hall–Kier alpha value is -4.28. The van der Waals surface area contributed by atoms with Crippen molar-refractivity contribution in [1.82, 2.24) is 31.1 Å². The fourth-order valence-corrected chi connectivity index (χ4v) is 3.60. The largest absolute Gasteiger partial charge is 0.481 e. The number of nitrogens with zero attached hydrogens (tertiary/aromatic N) is 3. The van der Waals surface area contributed by atoms with Gasteiger partial charge in [0.1, 0.15) is 19.0 Å². The van der Waals surface area contributed by atoms with Crippen LogP contribution in [0.1, 0.15) is 57.8 Å². The van der Waals surface area contributed by atoms with Crippen LogP contribution in [0.25, 0.3) is 0 Å². The number of alkyl halides is 1. The lowest BCUT2D eigenvalue weighted by atomic mass is 10.1. The van der Waals surface area contributed by atoms with Gasteiger partial charge in [0.05, 0.1) is 6.67 Å². The fourth-order valence-electron chi connectivity index (χ4n) is 3.60. The molecule has 0 aromatic heterocycles. The molecule has 1 atom stereocenters.